The third-order valence-electron chi connectivity index (χ3n) is 3.41. The molecule has 98 valence electrons. The normalized spacial score (nSPS) is 11.5. The third-order valence-corrected chi connectivity index (χ3v) is 3.41. The average molecular weight is 258 g/mol. The van der Waals surface area contributed by atoms with Gasteiger partial charge in [-0.2, -0.15) is 0 Å². The van der Waals surface area contributed by atoms with E-state index in [0.29, 0.717) is 28.8 Å². The number of aromatic amines is 1. The Labute approximate surface area is 108 Å². The van der Waals surface area contributed by atoms with Crippen molar-refractivity contribution in [1.82, 2.24) is 18.9 Å². The van der Waals surface area contributed by atoms with Gasteiger partial charge in [0.05, 0.1) is 11.2 Å². The van der Waals surface area contributed by atoms with Crippen LogP contribution in [0.2, 0.25) is 0 Å². The first kappa shape index (κ1) is 11.7. The van der Waals surface area contributed by atoms with Crippen LogP contribution in [0.4, 0.5) is 0 Å². The largest absolute Gasteiger partial charge is 0.307 e. The second-order valence-corrected chi connectivity index (χ2v) is 4.57. The number of fused-ring (bicyclic) bond motifs is 3. The fraction of sp³-hybridized carbons (Fsp3) is 0.308. The molecule has 3 heterocycles. The van der Waals surface area contributed by atoms with Gasteiger partial charge in [0.15, 0.2) is 0 Å². The second-order valence-electron chi connectivity index (χ2n) is 4.57. The maximum absolute atomic E-state index is 12.4. The molecule has 0 saturated heterocycles. The molecule has 19 heavy (non-hydrogen) atoms. The van der Waals surface area contributed by atoms with E-state index in [4.69, 9.17) is 0 Å². The molecule has 0 bridgehead atoms. The van der Waals surface area contributed by atoms with Crippen LogP contribution in [0.1, 0.15) is 18.4 Å². The van der Waals surface area contributed by atoms with Crippen molar-refractivity contribution in [1.29, 1.82) is 0 Å². The summed E-state index contributed by atoms with van der Waals surface area (Å²) >= 11 is 0. The summed E-state index contributed by atoms with van der Waals surface area (Å²) in [6.45, 7) is 3.78. The van der Waals surface area contributed by atoms with E-state index < -0.39 is 0 Å². The van der Waals surface area contributed by atoms with E-state index >= 15 is 0 Å². The molecule has 0 aromatic carbocycles. The van der Waals surface area contributed by atoms with Crippen LogP contribution in [-0.4, -0.2) is 18.9 Å². The summed E-state index contributed by atoms with van der Waals surface area (Å²) in [4.78, 5) is 31.2. The first-order chi connectivity index (χ1) is 9.04. The minimum atomic E-state index is -0.194. The summed E-state index contributed by atoms with van der Waals surface area (Å²) in [5.41, 5.74) is 2.20. The van der Waals surface area contributed by atoms with Crippen molar-refractivity contribution in [2.45, 2.75) is 20.3 Å². The van der Waals surface area contributed by atoms with Gasteiger partial charge in [-0.25, -0.2) is 4.98 Å². The Morgan fingerprint density at radius 1 is 1.32 bits per heavy atom. The Hall–Kier alpha value is -2.37. The van der Waals surface area contributed by atoms with E-state index in [0.717, 1.165) is 5.82 Å². The molecule has 0 atom stereocenters. The summed E-state index contributed by atoms with van der Waals surface area (Å²) in [7, 11) is 1.70. The predicted molar refractivity (Wildman–Crippen MR) is 72.7 cm³/mol. The van der Waals surface area contributed by atoms with Crippen LogP contribution < -0.4 is 11.1 Å². The predicted octanol–water partition coefficient (Wildman–Crippen LogP) is 0.745. The maximum atomic E-state index is 12.4. The van der Waals surface area contributed by atoms with E-state index in [-0.39, 0.29) is 11.1 Å². The molecule has 3 aromatic heterocycles. The Kier molecular flexibility index (Phi) is 2.35. The average Bonchev–Trinajstić information content (AvgIpc) is 2.73. The lowest BCUT2D eigenvalue weighted by molar-refractivity contribution is 0.873. The van der Waals surface area contributed by atoms with Gasteiger partial charge < -0.3 is 9.55 Å². The molecule has 1 N–H and O–H groups in total. The summed E-state index contributed by atoms with van der Waals surface area (Å²) in [6, 6.07) is 3.08. The number of hydrogen-bond donors (Lipinski definition) is 1. The Balaban J connectivity index is 2.75. The van der Waals surface area contributed by atoms with Gasteiger partial charge in [-0.05, 0) is 13.0 Å². The van der Waals surface area contributed by atoms with E-state index in [1.165, 1.54) is 10.6 Å². The molecule has 0 aliphatic heterocycles. The number of imidazole rings is 1. The van der Waals surface area contributed by atoms with Gasteiger partial charge >= 0.3 is 0 Å². The lowest BCUT2D eigenvalue weighted by atomic mass is 10.3. The molecule has 0 amide bonds. The zero-order valence-electron chi connectivity index (χ0n) is 11.0. The van der Waals surface area contributed by atoms with E-state index in [9.17, 15) is 9.59 Å². The van der Waals surface area contributed by atoms with Gasteiger partial charge in [0.2, 0.25) is 5.56 Å². The molecular formula is C13H14N4O2. The number of nitrogens with zero attached hydrogens (tertiary/aromatic N) is 3. The number of hydrogen-bond acceptors (Lipinski definition) is 3. The standard InChI is InChI=1S/C13H14N4O2/c1-4-9-14-7(2)11-13(19)16(3)8-5-6-10(18)15-12(8)17(9)11/h5-6H,4H2,1-3H3,(H,15,18). The van der Waals surface area contributed by atoms with Crippen molar-refractivity contribution >= 4 is 16.7 Å². The van der Waals surface area contributed by atoms with Crippen molar-refractivity contribution in [3.63, 3.8) is 0 Å². The minimum Gasteiger partial charge on any atom is -0.307 e. The highest BCUT2D eigenvalue weighted by Crippen LogP contribution is 2.15. The topological polar surface area (TPSA) is 72.2 Å². The summed E-state index contributed by atoms with van der Waals surface area (Å²) in [5.74, 6) is 0.775. The first-order valence-corrected chi connectivity index (χ1v) is 6.14. The van der Waals surface area contributed by atoms with Crippen LogP contribution in [0.25, 0.3) is 16.7 Å². The Morgan fingerprint density at radius 2 is 2.05 bits per heavy atom. The van der Waals surface area contributed by atoms with Crippen LogP contribution in [0, 0.1) is 6.92 Å². The lowest BCUT2D eigenvalue weighted by Gasteiger charge is -2.08. The van der Waals surface area contributed by atoms with Crippen molar-refractivity contribution in [3.05, 3.63) is 44.4 Å². The molecule has 0 unspecified atom stereocenters. The highest BCUT2D eigenvalue weighted by Gasteiger charge is 2.16. The highest BCUT2D eigenvalue weighted by atomic mass is 16.1. The van der Waals surface area contributed by atoms with Gasteiger partial charge in [0, 0.05) is 19.5 Å². The number of nitrogens with one attached hydrogen (secondary N) is 1. The summed E-state index contributed by atoms with van der Waals surface area (Å²) in [6.07, 6.45) is 0.689. The first-order valence-electron chi connectivity index (χ1n) is 6.14. The monoisotopic (exact) mass is 258 g/mol. The van der Waals surface area contributed by atoms with Crippen molar-refractivity contribution < 1.29 is 0 Å². The Bertz CT molecular complexity index is 914. The van der Waals surface area contributed by atoms with Gasteiger partial charge in [-0.3, -0.25) is 14.0 Å². The second kappa shape index (κ2) is 3.81. The van der Waals surface area contributed by atoms with E-state index in [2.05, 4.69) is 9.97 Å². The van der Waals surface area contributed by atoms with Crippen LogP contribution in [0.15, 0.2) is 21.7 Å². The van der Waals surface area contributed by atoms with Gasteiger partial charge in [-0.1, -0.05) is 6.92 Å². The van der Waals surface area contributed by atoms with Gasteiger partial charge in [0.25, 0.3) is 5.56 Å². The van der Waals surface area contributed by atoms with Crippen molar-refractivity contribution in [2.24, 2.45) is 7.05 Å². The van der Waals surface area contributed by atoms with Crippen molar-refractivity contribution in [2.75, 3.05) is 0 Å². The molecule has 0 aliphatic rings. The fourth-order valence-corrected chi connectivity index (χ4v) is 2.48. The number of aryl methyl sites for hydroxylation is 3. The fourth-order valence-electron chi connectivity index (χ4n) is 2.48. The van der Waals surface area contributed by atoms with Crippen molar-refractivity contribution in [3.8, 4) is 0 Å². The van der Waals surface area contributed by atoms with Gasteiger partial charge in [0.1, 0.15) is 17.0 Å². The highest BCUT2D eigenvalue weighted by molar-refractivity contribution is 5.75. The molecule has 6 nitrogen and oxygen atoms in total. The molecule has 6 heteroatoms. The maximum Gasteiger partial charge on any atom is 0.277 e. The third kappa shape index (κ3) is 1.46. The van der Waals surface area contributed by atoms with Crippen LogP contribution in [0.5, 0.6) is 0 Å². The quantitative estimate of drug-likeness (QED) is 0.700. The number of H-pyrrole nitrogens is 1. The molecule has 3 rings (SSSR count). The summed E-state index contributed by atoms with van der Waals surface area (Å²) < 4.78 is 3.29. The molecular weight excluding hydrogens is 244 g/mol. The lowest BCUT2D eigenvalue weighted by Crippen LogP contribution is -2.22. The molecule has 0 radical (unpaired) electrons. The molecule has 0 aliphatic carbocycles. The number of aromatic nitrogens is 4. The summed E-state index contributed by atoms with van der Waals surface area (Å²) in [5, 5.41) is 0. The van der Waals surface area contributed by atoms with Gasteiger partial charge in [-0.15, -0.1) is 0 Å². The zero-order chi connectivity index (χ0) is 13.7. The van der Waals surface area contributed by atoms with E-state index in [1.807, 2.05) is 13.8 Å². The number of rotatable bonds is 1. The molecule has 0 spiro atoms. The van der Waals surface area contributed by atoms with Crippen LogP contribution in [0.3, 0.4) is 0 Å². The number of pyridine rings is 1. The smallest absolute Gasteiger partial charge is 0.277 e. The molecule has 0 saturated carbocycles. The van der Waals surface area contributed by atoms with Crippen LogP contribution >= 0.6 is 0 Å². The Morgan fingerprint density at radius 3 is 2.74 bits per heavy atom. The zero-order valence-corrected chi connectivity index (χ0v) is 11.0. The molecule has 3 aromatic rings. The minimum absolute atomic E-state index is 0.107. The van der Waals surface area contributed by atoms with E-state index in [1.54, 1.807) is 17.5 Å². The van der Waals surface area contributed by atoms with Crippen LogP contribution in [-0.2, 0) is 13.5 Å². The molecule has 0 fully saturated rings. The SMILES string of the molecule is CCc1nc(C)c2c(=O)n(C)c3ccc(=O)[nH]c3n12.